The van der Waals surface area contributed by atoms with E-state index in [0.29, 0.717) is 88.8 Å². The van der Waals surface area contributed by atoms with E-state index in [1.165, 1.54) is 28.3 Å². The van der Waals surface area contributed by atoms with Crippen LogP contribution in [0.1, 0.15) is 115 Å². The van der Waals surface area contributed by atoms with Gasteiger partial charge in [-0.2, -0.15) is 0 Å². The molecule has 85 heavy (non-hydrogen) atoms. The minimum absolute atomic E-state index is 0.0136. The van der Waals surface area contributed by atoms with Gasteiger partial charge in [0.1, 0.15) is 17.8 Å². The molecule has 8 aliphatic heterocycles. The molecule has 10 aliphatic rings. The number of nitrogen functional groups attached to an aromatic ring is 1. The highest BCUT2D eigenvalue weighted by Gasteiger charge is 2.71. The normalized spacial score (nSPS) is 36.4. The molecule has 0 spiro atoms. The first-order valence-corrected chi connectivity index (χ1v) is 30.7. The number of fused-ring (bicyclic) bond motifs is 11. The van der Waals surface area contributed by atoms with Crippen LogP contribution in [0.2, 0.25) is 0 Å². The van der Waals surface area contributed by atoms with E-state index in [9.17, 15) is 39.0 Å². The van der Waals surface area contributed by atoms with Crippen molar-refractivity contribution in [1.29, 1.82) is 0 Å². The Morgan fingerprint density at radius 2 is 1.31 bits per heavy atom. The van der Waals surface area contributed by atoms with Gasteiger partial charge in [-0.3, -0.25) is 38.4 Å². The molecule has 15 atom stereocenters. The third kappa shape index (κ3) is 9.03. The number of hydrogen-bond acceptors (Lipinski definition) is 13. The molecule has 2 aliphatic carbocycles. The first kappa shape index (κ1) is 55.8. The molecule has 5 amide bonds. The van der Waals surface area contributed by atoms with Gasteiger partial charge >= 0.3 is 0 Å². The summed E-state index contributed by atoms with van der Waals surface area (Å²) >= 11 is 0. The predicted octanol–water partition coefficient (Wildman–Crippen LogP) is 4.76. The van der Waals surface area contributed by atoms with Crippen LogP contribution in [-0.4, -0.2) is 169 Å². The number of ether oxygens (including phenoxy) is 2. The third-order valence-corrected chi connectivity index (χ3v) is 21.3. The van der Waals surface area contributed by atoms with Gasteiger partial charge in [0.15, 0.2) is 11.6 Å². The second-order valence-electron chi connectivity index (χ2n) is 26.5. The number of carbonyl (C=O) groups is 6. The summed E-state index contributed by atoms with van der Waals surface area (Å²) in [6.07, 6.45) is 8.48. The zero-order valence-corrected chi connectivity index (χ0v) is 48.7. The van der Waals surface area contributed by atoms with Crippen molar-refractivity contribution < 1.29 is 48.5 Å². The fourth-order valence-corrected chi connectivity index (χ4v) is 17.5. The van der Waals surface area contributed by atoms with Crippen molar-refractivity contribution in [3.8, 4) is 0 Å². The molecule has 446 valence electrons. The van der Waals surface area contributed by atoms with Crippen molar-refractivity contribution in [3.05, 3.63) is 137 Å². The van der Waals surface area contributed by atoms with E-state index in [2.05, 4.69) is 56.9 Å². The van der Waals surface area contributed by atoms with Gasteiger partial charge in [-0.25, -0.2) is 0 Å². The van der Waals surface area contributed by atoms with Gasteiger partial charge in [-0.15, -0.1) is 0 Å². The van der Waals surface area contributed by atoms with Crippen molar-refractivity contribution >= 4 is 51.9 Å². The summed E-state index contributed by atoms with van der Waals surface area (Å²) in [7, 11) is 4.03. The number of amides is 5. The van der Waals surface area contributed by atoms with Gasteiger partial charge in [-0.05, 0) is 119 Å². The average Bonchev–Trinajstić information content (AvgIpc) is 1.78. The maximum atomic E-state index is 14.2. The molecule has 1 aromatic heterocycles. The monoisotopic (exact) mass is 1160 g/mol. The summed E-state index contributed by atoms with van der Waals surface area (Å²) in [5, 5.41) is 31.6. The largest absolute Gasteiger partial charge is 0.398 e. The highest BCUT2D eigenvalue weighted by Crippen LogP contribution is 2.54. The number of nitrogens with zero attached hydrogens (tertiary/aromatic N) is 5. The number of ketones is 1. The van der Waals surface area contributed by atoms with Gasteiger partial charge in [0.2, 0.25) is 29.4 Å². The number of likely N-dealkylation sites (tertiary alicyclic amines) is 2. The molecular formula is C66H77N9O10. The molecule has 8 saturated heterocycles. The Kier molecular flexibility index (Phi) is 13.5. The number of hydrogen-bond donors (Lipinski definition) is 6. The molecule has 15 rings (SSSR count). The molecule has 5 aromatic rings. The molecule has 8 fully saturated rings. The van der Waals surface area contributed by atoms with Crippen molar-refractivity contribution in [2.45, 2.75) is 150 Å². The lowest BCUT2D eigenvalue weighted by atomic mass is 9.70. The zero-order chi connectivity index (χ0) is 59.1. The number of rotatable bonds is 8. The van der Waals surface area contributed by atoms with Crippen LogP contribution in [0.4, 0.5) is 5.69 Å². The fraction of sp³-hybridized carbons (Fsp3) is 0.515. The van der Waals surface area contributed by atoms with Crippen LogP contribution in [0.15, 0.2) is 103 Å². The number of piperazine rings is 1. The van der Waals surface area contributed by atoms with Gasteiger partial charge in [0.05, 0.1) is 23.8 Å². The minimum Gasteiger partial charge on any atom is -0.398 e. The second kappa shape index (κ2) is 20.6. The lowest BCUT2D eigenvalue weighted by Crippen LogP contribution is -2.71. The van der Waals surface area contributed by atoms with E-state index in [-0.39, 0.29) is 71.6 Å². The number of piperidine rings is 3. The number of nitrogens with two attached hydrogens (primary N) is 1. The average molecular weight is 1160 g/mol. The lowest BCUT2D eigenvalue weighted by molar-refractivity contribution is -0.315. The van der Waals surface area contributed by atoms with Gasteiger partial charge in [0.25, 0.3) is 11.8 Å². The summed E-state index contributed by atoms with van der Waals surface area (Å²) in [6, 6.07) is 29.6. The number of benzene rings is 4. The Bertz CT molecular complexity index is 3530. The Morgan fingerprint density at radius 1 is 0.706 bits per heavy atom. The Morgan fingerprint density at radius 3 is 2.00 bits per heavy atom. The van der Waals surface area contributed by atoms with Crippen molar-refractivity contribution in [2.75, 3.05) is 46.0 Å². The van der Waals surface area contributed by atoms with Gasteiger partial charge in [-0.1, -0.05) is 84.9 Å². The number of nitrogens with one attached hydrogen (secondary N) is 3. The predicted molar refractivity (Wildman–Crippen MR) is 313 cm³/mol. The van der Waals surface area contributed by atoms with Gasteiger partial charge in [0, 0.05) is 104 Å². The molecule has 9 heterocycles. The first-order valence-electron chi connectivity index (χ1n) is 30.7. The molecule has 0 saturated carbocycles. The van der Waals surface area contributed by atoms with Crippen LogP contribution >= 0.6 is 0 Å². The lowest BCUT2D eigenvalue weighted by Gasteiger charge is -2.48. The molecule has 4 aromatic carbocycles. The molecule has 0 radical (unpaired) electrons. The van der Waals surface area contributed by atoms with E-state index in [1.807, 2.05) is 86.8 Å². The van der Waals surface area contributed by atoms with Crippen molar-refractivity contribution in [1.82, 2.24) is 40.1 Å². The Hall–Kier alpha value is -7.00. The number of anilines is 1. The number of Topliss-reactive ketones (excluding diaryl/α,β-unsaturated/α-hetero) is 1. The number of carbonyl (C=O) groups excluding carboxylic acids is 6. The molecule has 4 unspecified atom stereocenters. The molecule has 19 nitrogen and oxygen atoms in total. The summed E-state index contributed by atoms with van der Waals surface area (Å²) in [6.45, 7) is 5.52. The minimum atomic E-state index is -2.03. The summed E-state index contributed by atoms with van der Waals surface area (Å²) in [5.74, 6) is -6.04. The van der Waals surface area contributed by atoms with Crippen LogP contribution in [0.25, 0.3) is 10.9 Å². The molecule has 0 bridgehead atoms. The quantitative estimate of drug-likeness (QED) is 0.115. The first-order chi connectivity index (χ1) is 40.8. The number of aliphatic hydroxyl groups is 2. The molecule has 7 N–H and O–H groups in total. The molecule has 19 heteroatoms. The van der Waals surface area contributed by atoms with Crippen molar-refractivity contribution in [2.24, 2.45) is 23.7 Å². The van der Waals surface area contributed by atoms with E-state index in [4.69, 9.17) is 15.2 Å². The van der Waals surface area contributed by atoms with Crippen molar-refractivity contribution in [3.63, 3.8) is 0 Å². The molecular weight excluding hydrogens is 1080 g/mol. The topological polar surface area (TPSA) is 243 Å². The van der Waals surface area contributed by atoms with Crippen LogP contribution in [0, 0.1) is 23.7 Å². The Labute approximate surface area is 494 Å². The third-order valence-electron chi connectivity index (χ3n) is 21.3. The smallest absolute Gasteiger partial charge is 0.280 e. The van der Waals surface area contributed by atoms with Crippen LogP contribution < -0.4 is 16.4 Å². The zero-order valence-electron chi connectivity index (χ0n) is 48.7. The highest BCUT2D eigenvalue weighted by molar-refractivity contribution is 6.04. The summed E-state index contributed by atoms with van der Waals surface area (Å²) in [4.78, 5) is 94.9. The van der Waals surface area contributed by atoms with Crippen LogP contribution in [0.3, 0.4) is 0 Å². The van der Waals surface area contributed by atoms with E-state index in [1.54, 1.807) is 15.9 Å². The van der Waals surface area contributed by atoms with Gasteiger partial charge < -0.3 is 55.9 Å². The van der Waals surface area contributed by atoms with E-state index < -0.39 is 59.0 Å². The SMILES string of the molecule is CN1C[C@H](C(=O)N[C@@]2(C)CC3[C@@H](Cc4ccccc4)C(=O)N4CCCC4[C@]3(O)O2)C[C@@H]2c3cccc(N)c3C(=O)C[C@H]21.CN1C[C@H](C(=O)N[C@@]2(C)OC3(O)[C@@H]4CCCN4C(=O)[C@H](Cc4ccccc4)N3C2=O)CC2c3cccc4[nH]cc(c34)C[C@H]21. The standard InChI is InChI=1S/C33H37N5O5.C33H40N4O5/c1-32(35-29(39)21-15-23-22-10-6-11-24-28(22)20(17-34-24)16-25(23)36(2)18-21)31(41)38-26(14-19-8-4-3-5-9-19)30(40)37-13-7-12-27(37)33(38,42)43-32;1-32(35-30(39)20-15-22-21-10-6-11-25(34)29(21)27(38)16-26(22)36(2)18-20)17-24-23(14-19-8-4-3-5-9-19)31(40)37-13-7-12-28(37)33(24,41)42-32/h3-6,8-11,17,21,23,25-27,34,42H,7,12-16,18H2,1-2H3,(H,35,39);3-6,8-11,20,22-24,26,28,41H,7,12-18,34H2,1-2H3,(H,35,39)/t21-,23?,25-,26+,27+,32+,33?;20-,22-,23-,24?,26-,28?,32-,33-/m11/s1. The maximum Gasteiger partial charge on any atom is 0.280 e. The fourth-order valence-electron chi connectivity index (χ4n) is 17.5. The number of aromatic nitrogens is 1. The summed E-state index contributed by atoms with van der Waals surface area (Å²) in [5.41, 5.74) is 10.9. The number of H-pyrrole nitrogens is 1. The highest BCUT2D eigenvalue weighted by atomic mass is 16.7. The van der Waals surface area contributed by atoms with E-state index in [0.717, 1.165) is 35.0 Å². The second-order valence-corrected chi connectivity index (χ2v) is 26.5. The number of likely N-dealkylation sites (N-methyl/N-ethyl adjacent to an activating group) is 2. The number of aromatic amines is 1. The maximum absolute atomic E-state index is 14.2. The van der Waals surface area contributed by atoms with Crippen LogP contribution in [0.5, 0.6) is 0 Å². The summed E-state index contributed by atoms with van der Waals surface area (Å²) < 4.78 is 12.8. The van der Waals surface area contributed by atoms with Crippen LogP contribution in [-0.2, 0) is 52.7 Å². The van der Waals surface area contributed by atoms with E-state index >= 15 is 0 Å². The Balaban J connectivity index is 0.000000151.